The average Bonchev–Trinajstić information content (AvgIpc) is 3.14. The molecule has 28 heavy (non-hydrogen) atoms. The number of nitro benzene ring substituents is 1. The number of nitrogens with zero attached hydrogens (tertiary/aromatic N) is 2. The Labute approximate surface area is 171 Å². The molecule has 1 atom stereocenters. The Bertz CT molecular complexity index is 737. The molecule has 156 valence electrons. The highest BCUT2D eigenvalue weighted by atomic mass is 35.5. The van der Waals surface area contributed by atoms with Gasteiger partial charge in [0, 0.05) is 35.8 Å². The number of aryl methyl sites for hydroxylation is 1. The molecule has 1 fully saturated rings. The van der Waals surface area contributed by atoms with E-state index in [9.17, 15) is 19.7 Å². The van der Waals surface area contributed by atoms with E-state index in [2.05, 4.69) is 5.32 Å². The molecule has 0 saturated carbocycles. The second-order valence-corrected chi connectivity index (χ2v) is 7.20. The second-order valence-electron chi connectivity index (χ2n) is 7.20. The van der Waals surface area contributed by atoms with Crippen molar-refractivity contribution in [3.8, 4) is 0 Å². The first-order chi connectivity index (χ1) is 12.7. The fourth-order valence-electron chi connectivity index (χ4n) is 3.32. The molecule has 1 aromatic carbocycles. The van der Waals surface area contributed by atoms with Crippen molar-refractivity contribution < 1.29 is 14.5 Å². The number of benzene rings is 1. The lowest BCUT2D eigenvalue weighted by atomic mass is 9.94. The zero-order valence-corrected chi connectivity index (χ0v) is 17.4. The van der Waals surface area contributed by atoms with Gasteiger partial charge in [0.05, 0.1) is 4.92 Å². The van der Waals surface area contributed by atoms with Crippen LogP contribution in [0.25, 0.3) is 0 Å². The normalized spacial score (nSPS) is 16.4. The summed E-state index contributed by atoms with van der Waals surface area (Å²) >= 11 is 0. The van der Waals surface area contributed by atoms with E-state index < -0.39 is 16.5 Å². The zero-order chi connectivity index (χ0) is 20.2. The van der Waals surface area contributed by atoms with Crippen molar-refractivity contribution in [2.75, 3.05) is 13.1 Å². The summed E-state index contributed by atoms with van der Waals surface area (Å²) in [7, 11) is 0. The van der Waals surface area contributed by atoms with Crippen LogP contribution in [0.5, 0.6) is 0 Å². The number of halogens is 1. The molecule has 2 amide bonds. The Morgan fingerprint density at radius 1 is 1.36 bits per heavy atom. The highest BCUT2D eigenvalue weighted by molar-refractivity contribution is 5.98. The highest BCUT2D eigenvalue weighted by Crippen LogP contribution is 2.24. The van der Waals surface area contributed by atoms with Gasteiger partial charge in [-0.15, -0.1) is 12.4 Å². The predicted molar refractivity (Wildman–Crippen MR) is 110 cm³/mol. The molecule has 9 heteroatoms. The largest absolute Gasteiger partial charge is 0.352 e. The van der Waals surface area contributed by atoms with Gasteiger partial charge in [0.25, 0.3) is 11.6 Å². The SMILES string of the molecule is CCC(N)(CC)CNC(=O)C1CCCN1C(=O)c1ccc([N+](=O)[O-])c(C)c1.Cl. The molecule has 1 aromatic rings. The Balaban J connectivity index is 0.00000392. The second kappa shape index (κ2) is 9.84. The monoisotopic (exact) mass is 412 g/mol. The fourth-order valence-corrected chi connectivity index (χ4v) is 3.32. The summed E-state index contributed by atoms with van der Waals surface area (Å²) in [6, 6.07) is 3.75. The van der Waals surface area contributed by atoms with Crippen molar-refractivity contribution in [2.24, 2.45) is 5.73 Å². The van der Waals surface area contributed by atoms with Crippen molar-refractivity contribution >= 4 is 29.9 Å². The third-order valence-corrected chi connectivity index (χ3v) is 5.48. The van der Waals surface area contributed by atoms with E-state index in [1.807, 2.05) is 13.8 Å². The molecule has 0 aliphatic carbocycles. The molecule has 1 aliphatic heterocycles. The molecule has 1 saturated heterocycles. The van der Waals surface area contributed by atoms with E-state index in [1.165, 1.54) is 18.2 Å². The molecule has 1 unspecified atom stereocenters. The Morgan fingerprint density at radius 3 is 2.54 bits per heavy atom. The van der Waals surface area contributed by atoms with Gasteiger partial charge >= 0.3 is 0 Å². The number of rotatable bonds is 7. The summed E-state index contributed by atoms with van der Waals surface area (Å²) in [5, 5.41) is 13.8. The van der Waals surface area contributed by atoms with Crippen LogP contribution in [0.3, 0.4) is 0 Å². The molecule has 0 bridgehead atoms. The van der Waals surface area contributed by atoms with Crippen molar-refractivity contribution in [1.29, 1.82) is 0 Å². The maximum atomic E-state index is 12.9. The standard InChI is InChI=1S/C19H28N4O4.ClH/c1-4-19(20,5-2)12-21-17(24)16-7-6-10-22(16)18(25)14-8-9-15(23(26)27)13(3)11-14;/h8-9,11,16H,4-7,10,12,20H2,1-3H3,(H,21,24);1H. The maximum absolute atomic E-state index is 12.9. The van der Waals surface area contributed by atoms with Gasteiger partial charge in [-0.1, -0.05) is 13.8 Å². The fraction of sp³-hybridized carbons (Fsp3) is 0.579. The molecule has 1 aliphatic rings. The smallest absolute Gasteiger partial charge is 0.272 e. The molecule has 2 rings (SSSR count). The van der Waals surface area contributed by atoms with Crippen LogP contribution in [0.4, 0.5) is 5.69 Å². The summed E-state index contributed by atoms with van der Waals surface area (Å²) in [4.78, 5) is 37.5. The lowest BCUT2D eigenvalue weighted by molar-refractivity contribution is -0.385. The lowest BCUT2D eigenvalue weighted by Gasteiger charge is -2.29. The Kier molecular flexibility index (Phi) is 8.38. The van der Waals surface area contributed by atoms with Crippen LogP contribution in [0.2, 0.25) is 0 Å². The Morgan fingerprint density at radius 2 is 2.00 bits per heavy atom. The number of nitrogens with one attached hydrogen (secondary N) is 1. The summed E-state index contributed by atoms with van der Waals surface area (Å²) in [5.74, 6) is -0.480. The number of hydrogen-bond donors (Lipinski definition) is 2. The van der Waals surface area contributed by atoms with Crippen LogP contribution in [-0.2, 0) is 4.79 Å². The molecule has 1 heterocycles. The molecule has 0 aromatic heterocycles. The number of nitrogens with two attached hydrogens (primary N) is 1. The van der Waals surface area contributed by atoms with Crippen molar-refractivity contribution in [3.63, 3.8) is 0 Å². The van der Waals surface area contributed by atoms with E-state index in [4.69, 9.17) is 5.73 Å². The van der Waals surface area contributed by atoms with Gasteiger partial charge in [-0.25, -0.2) is 0 Å². The molecule has 3 N–H and O–H groups in total. The van der Waals surface area contributed by atoms with Crippen LogP contribution in [0.15, 0.2) is 18.2 Å². The molecule has 8 nitrogen and oxygen atoms in total. The quantitative estimate of drug-likeness (QED) is 0.527. The molecule has 0 radical (unpaired) electrons. The first-order valence-electron chi connectivity index (χ1n) is 9.35. The summed E-state index contributed by atoms with van der Waals surface area (Å²) in [5.41, 5.74) is 6.54. The van der Waals surface area contributed by atoms with Gasteiger partial charge in [-0.2, -0.15) is 0 Å². The van der Waals surface area contributed by atoms with Crippen LogP contribution in [-0.4, -0.2) is 46.3 Å². The highest BCUT2D eigenvalue weighted by Gasteiger charge is 2.35. The molecule has 0 spiro atoms. The first-order valence-corrected chi connectivity index (χ1v) is 9.35. The van der Waals surface area contributed by atoms with Crippen LogP contribution in [0.1, 0.15) is 55.5 Å². The van der Waals surface area contributed by atoms with Crippen LogP contribution >= 0.6 is 12.4 Å². The number of carbonyl (C=O) groups excluding carboxylic acids is 2. The zero-order valence-electron chi connectivity index (χ0n) is 16.6. The van der Waals surface area contributed by atoms with Gasteiger partial charge in [0.15, 0.2) is 0 Å². The summed E-state index contributed by atoms with van der Waals surface area (Å²) in [6.45, 7) is 6.42. The number of nitro groups is 1. The van der Waals surface area contributed by atoms with E-state index >= 15 is 0 Å². The van der Waals surface area contributed by atoms with Gasteiger partial charge in [-0.05, 0) is 44.7 Å². The average molecular weight is 413 g/mol. The van der Waals surface area contributed by atoms with E-state index in [-0.39, 0.29) is 29.9 Å². The number of likely N-dealkylation sites (tertiary alicyclic amines) is 1. The van der Waals surface area contributed by atoms with E-state index in [0.29, 0.717) is 30.6 Å². The van der Waals surface area contributed by atoms with Crippen molar-refractivity contribution in [2.45, 2.75) is 58.0 Å². The number of amides is 2. The van der Waals surface area contributed by atoms with Gasteiger partial charge in [0.2, 0.25) is 5.91 Å². The first kappa shape index (κ1) is 23.8. The minimum absolute atomic E-state index is 0. The van der Waals surface area contributed by atoms with Crippen molar-refractivity contribution in [1.82, 2.24) is 10.2 Å². The maximum Gasteiger partial charge on any atom is 0.272 e. The van der Waals surface area contributed by atoms with Crippen LogP contribution in [0, 0.1) is 17.0 Å². The third kappa shape index (κ3) is 5.20. The van der Waals surface area contributed by atoms with Gasteiger partial charge in [0.1, 0.15) is 6.04 Å². The van der Waals surface area contributed by atoms with E-state index in [0.717, 1.165) is 19.3 Å². The lowest BCUT2D eigenvalue weighted by Crippen LogP contribution is -2.53. The Hall–Kier alpha value is -2.19. The van der Waals surface area contributed by atoms with Gasteiger partial charge < -0.3 is 16.0 Å². The summed E-state index contributed by atoms with van der Waals surface area (Å²) in [6.07, 6.45) is 2.84. The minimum Gasteiger partial charge on any atom is -0.352 e. The molecular weight excluding hydrogens is 384 g/mol. The minimum atomic E-state index is -0.536. The van der Waals surface area contributed by atoms with E-state index in [1.54, 1.807) is 11.8 Å². The predicted octanol–water partition coefficient (Wildman–Crippen LogP) is 2.56. The summed E-state index contributed by atoms with van der Waals surface area (Å²) < 4.78 is 0. The number of carbonyl (C=O) groups is 2. The van der Waals surface area contributed by atoms with Crippen molar-refractivity contribution in [3.05, 3.63) is 39.4 Å². The molecular formula is C19H29ClN4O4. The topological polar surface area (TPSA) is 119 Å². The van der Waals surface area contributed by atoms with Crippen LogP contribution < -0.4 is 11.1 Å². The number of hydrogen-bond acceptors (Lipinski definition) is 5. The third-order valence-electron chi connectivity index (χ3n) is 5.48. The van der Waals surface area contributed by atoms with Gasteiger partial charge in [-0.3, -0.25) is 19.7 Å².